The topological polar surface area (TPSA) is 96.2 Å². The number of hydrogen-bond donors (Lipinski definition) is 0. The number of nitrogens with zero attached hydrogens (tertiary/aromatic N) is 4. The summed E-state index contributed by atoms with van der Waals surface area (Å²) in [6.45, 7) is 0. The molecule has 0 spiro atoms. The Morgan fingerprint density at radius 1 is 0.886 bits per heavy atom. The van der Waals surface area contributed by atoms with Crippen molar-refractivity contribution < 1.29 is 19.3 Å². The Morgan fingerprint density at radius 2 is 1.49 bits per heavy atom. The number of carbonyl (C=O) groups is 2. The van der Waals surface area contributed by atoms with E-state index in [1.165, 1.54) is 24.3 Å². The van der Waals surface area contributed by atoms with Gasteiger partial charge in [0.05, 0.1) is 22.3 Å². The molecule has 0 saturated carbocycles. The van der Waals surface area contributed by atoms with Crippen LogP contribution in [0.25, 0.3) is 0 Å². The molecule has 5 rings (SSSR count). The summed E-state index contributed by atoms with van der Waals surface area (Å²) in [5.74, 6) is -1.74. The first-order chi connectivity index (χ1) is 16.8. The van der Waals surface area contributed by atoms with Gasteiger partial charge < -0.3 is 4.90 Å². The summed E-state index contributed by atoms with van der Waals surface area (Å²) in [6.07, 6.45) is -1.04. The number of hydrogen-bond acceptors (Lipinski definition) is 7. The molecule has 0 N–H and O–H groups in total. The van der Waals surface area contributed by atoms with Gasteiger partial charge in [0.15, 0.2) is 6.10 Å². The molecule has 3 atom stereocenters. The van der Waals surface area contributed by atoms with E-state index in [2.05, 4.69) is 0 Å². The molecule has 9 nitrogen and oxygen atoms in total. The highest BCUT2D eigenvalue weighted by Crippen LogP contribution is 2.48. The molecular formula is C25H21ClN4O5. The van der Waals surface area contributed by atoms with Crippen LogP contribution in [0.1, 0.15) is 11.6 Å². The number of rotatable bonds is 5. The number of non-ortho nitro benzene ring substituents is 1. The molecule has 35 heavy (non-hydrogen) atoms. The van der Waals surface area contributed by atoms with Crippen LogP contribution < -0.4 is 14.9 Å². The second-order valence-corrected chi connectivity index (χ2v) is 9.01. The Labute approximate surface area is 206 Å². The van der Waals surface area contributed by atoms with Gasteiger partial charge in [0, 0.05) is 36.9 Å². The van der Waals surface area contributed by atoms with Crippen molar-refractivity contribution in [1.82, 2.24) is 0 Å². The van der Waals surface area contributed by atoms with Gasteiger partial charge in [-0.25, -0.2) is 9.96 Å². The van der Waals surface area contributed by atoms with Crippen molar-refractivity contribution >= 4 is 46.2 Å². The van der Waals surface area contributed by atoms with Gasteiger partial charge in [-0.3, -0.25) is 24.5 Å². The number of nitro benzene ring substituents is 1. The predicted octanol–water partition coefficient (Wildman–Crippen LogP) is 4.37. The Kier molecular flexibility index (Phi) is 5.66. The van der Waals surface area contributed by atoms with Crippen LogP contribution in [0, 0.1) is 16.0 Å². The van der Waals surface area contributed by atoms with Crippen LogP contribution in [-0.2, 0) is 14.4 Å². The average Bonchev–Trinajstić information content (AvgIpc) is 3.35. The van der Waals surface area contributed by atoms with E-state index in [1.807, 2.05) is 43.3 Å². The van der Waals surface area contributed by atoms with E-state index < -0.39 is 34.8 Å². The normalized spacial score (nSPS) is 21.4. The molecule has 2 aliphatic heterocycles. The van der Waals surface area contributed by atoms with Crippen LogP contribution in [0.15, 0.2) is 72.8 Å². The lowest BCUT2D eigenvalue weighted by molar-refractivity contribution is -0.384. The fourth-order valence-corrected chi connectivity index (χ4v) is 4.64. The fraction of sp³-hybridized carbons (Fsp3) is 0.200. The van der Waals surface area contributed by atoms with Crippen molar-refractivity contribution in [2.75, 3.05) is 29.0 Å². The third-order valence-electron chi connectivity index (χ3n) is 6.27. The summed E-state index contributed by atoms with van der Waals surface area (Å²) in [5, 5.41) is 13.1. The van der Waals surface area contributed by atoms with Gasteiger partial charge in [0.1, 0.15) is 5.92 Å². The van der Waals surface area contributed by atoms with Crippen molar-refractivity contribution in [2.45, 2.75) is 12.1 Å². The van der Waals surface area contributed by atoms with Crippen LogP contribution >= 0.6 is 11.6 Å². The average molecular weight is 493 g/mol. The number of halogens is 1. The van der Waals surface area contributed by atoms with E-state index in [4.69, 9.17) is 16.4 Å². The van der Waals surface area contributed by atoms with Crippen LogP contribution in [0.3, 0.4) is 0 Å². The van der Waals surface area contributed by atoms with Crippen molar-refractivity contribution in [2.24, 2.45) is 5.92 Å². The number of fused-ring (bicyclic) bond motifs is 1. The number of hydroxylamine groups is 1. The molecule has 3 unspecified atom stereocenters. The lowest BCUT2D eigenvalue weighted by atomic mass is 9.90. The molecule has 3 aromatic rings. The maximum Gasteiger partial charge on any atom is 0.269 e. The number of carbonyl (C=O) groups excluding carboxylic acids is 2. The molecule has 0 aromatic heterocycles. The zero-order chi connectivity index (χ0) is 24.9. The van der Waals surface area contributed by atoms with Gasteiger partial charge in [0.25, 0.3) is 11.6 Å². The molecule has 2 aliphatic rings. The highest BCUT2D eigenvalue weighted by atomic mass is 35.5. The van der Waals surface area contributed by atoms with Gasteiger partial charge in [-0.1, -0.05) is 23.7 Å². The maximum absolute atomic E-state index is 13.6. The Bertz CT molecular complexity index is 1290. The SMILES string of the molecule is CN(C)c1ccc(C2C3C(=O)N(c4ccc([N+](=O)[O-])cc4)C(=O)C3ON2c2ccc(Cl)cc2)cc1. The summed E-state index contributed by atoms with van der Waals surface area (Å²) < 4.78 is 0. The minimum absolute atomic E-state index is 0.128. The monoisotopic (exact) mass is 492 g/mol. The second kappa shape index (κ2) is 8.68. The largest absolute Gasteiger partial charge is 0.378 e. The summed E-state index contributed by atoms with van der Waals surface area (Å²) in [6, 6.07) is 19.4. The molecule has 2 saturated heterocycles. The van der Waals surface area contributed by atoms with Crippen molar-refractivity contribution in [3.8, 4) is 0 Å². The van der Waals surface area contributed by atoms with Gasteiger partial charge in [-0.15, -0.1) is 0 Å². The molecule has 0 radical (unpaired) electrons. The molecule has 10 heteroatoms. The highest BCUT2D eigenvalue weighted by molar-refractivity contribution is 6.30. The van der Waals surface area contributed by atoms with Crippen LogP contribution in [-0.4, -0.2) is 36.9 Å². The molecule has 3 aromatic carbocycles. The first-order valence-electron chi connectivity index (χ1n) is 10.9. The van der Waals surface area contributed by atoms with E-state index in [-0.39, 0.29) is 11.4 Å². The zero-order valence-corrected chi connectivity index (χ0v) is 19.6. The smallest absolute Gasteiger partial charge is 0.269 e. The zero-order valence-electron chi connectivity index (χ0n) is 18.9. The molecule has 2 fully saturated rings. The van der Waals surface area contributed by atoms with E-state index in [1.54, 1.807) is 29.3 Å². The number of benzene rings is 3. The maximum atomic E-state index is 13.6. The summed E-state index contributed by atoms with van der Waals surface area (Å²) in [7, 11) is 3.87. The molecular weight excluding hydrogens is 472 g/mol. The lowest BCUT2D eigenvalue weighted by Crippen LogP contribution is -2.37. The summed E-state index contributed by atoms with van der Waals surface area (Å²) >= 11 is 6.06. The highest BCUT2D eigenvalue weighted by Gasteiger charge is 2.60. The third kappa shape index (κ3) is 3.88. The Balaban J connectivity index is 1.54. The Morgan fingerprint density at radius 3 is 2.06 bits per heavy atom. The van der Waals surface area contributed by atoms with Crippen LogP contribution in [0.5, 0.6) is 0 Å². The van der Waals surface area contributed by atoms with Crippen LogP contribution in [0.2, 0.25) is 5.02 Å². The van der Waals surface area contributed by atoms with E-state index in [9.17, 15) is 19.7 Å². The summed E-state index contributed by atoms with van der Waals surface area (Å²) in [4.78, 5) is 46.6. The second-order valence-electron chi connectivity index (χ2n) is 8.57. The lowest BCUT2D eigenvalue weighted by Gasteiger charge is -2.29. The predicted molar refractivity (Wildman–Crippen MR) is 131 cm³/mol. The minimum Gasteiger partial charge on any atom is -0.378 e. The quantitative estimate of drug-likeness (QED) is 0.296. The van der Waals surface area contributed by atoms with Crippen molar-refractivity contribution in [3.63, 3.8) is 0 Å². The number of anilines is 3. The first-order valence-corrected chi connectivity index (χ1v) is 11.2. The van der Waals surface area contributed by atoms with Crippen LogP contribution in [0.4, 0.5) is 22.7 Å². The molecule has 0 aliphatic carbocycles. The molecule has 0 bridgehead atoms. The molecule has 2 heterocycles. The van der Waals surface area contributed by atoms with E-state index in [0.29, 0.717) is 10.7 Å². The number of amides is 2. The van der Waals surface area contributed by atoms with Gasteiger partial charge in [-0.2, -0.15) is 0 Å². The molecule has 178 valence electrons. The minimum atomic E-state index is -1.04. The van der Waals surface area contributed by atoms with E-state index in [0.717, 1.165) is 16.2 Å². The molecule has 2 amide bonds. The number of nitro groups is 1. The van der Waals surface area contributed by atoms with Crippen molar-refractivity contribution in [1.29, 1.82) is 0 Å². The number of imide groups is 1. The third-order valence-corrected chi connectivity index (χ3v) is 6.52. The Hall–Kier alpha value is -3.95. The van der Waals surface area contributed by atoms with E-state index >= 15 is 0 Å². The van der Waals surface area contributed by atoms with Gasteiger partial charge >= 0.3 is 0 Å². The summed E-state index contributed by atoms with van der Waals surface area (Å²) in [5.41, 5.74) is 2.60. The fourth-order valence-electron chi connectivity index (χ4n) is 4.51. The standard InChI is InChI=1S/C25H21ClN4O5/c1-27(2)17-7-3-15(4-8-17)22-21-23(35-29(22)19-9-5-16(26)6-10-19)25(32)28(24(21)31)18-11-13-20(14-12-18)30(33)34/h3-14,21-23H,1-2H3. The van der Waals surface area contributed by atoms with Gasteiger partial charge in [-0.05, 0) is 54.1 Å². The van der Waals surface area contributed by atoms with Crippen molar-refractivity contribution in [3.05, 3.63) is 93.5 Å². The van der Waals surface area contributed by atoms with Gasteiger partial charge in [0.2, 0.25) is 5.91 Å². The first kappa shape index (κ1) is 22.8.